The molecule has 12 heavy (non-hydrogen) atoms. The zero-order valence-corrected chi connectivity index (χ0v) is 7.17. The van der Waals surface area contributed by atoms with Crippen LogP contribution in [-0.4, -0.2) is 7.11 Å². The number of hydrogen-bond donors (Lipinski definition) is 1. The van der Waals surface area contributed by atoms with Crippen molar-refractivity contribution >= 4 is 0 Å². The van der Waals surface area contributed by atoms with E-state index in [9.17, 15) is 4.39 Å². The van der Waals surface area contributed by atoms with Crippen LogP contribution in [0.15, 0.2) is 18.2 Å². The summed E-state index contributed by atoms with van der Waals surface area (Å²) in [6.07, 6.45) is 0. The van der Waals surface area contributed by atoms with Gasteiger partial charge in [-0.3, -0.25) is 0 Å². The first kappa shape index (κ1) is 9.00. The van der Waals surface area contributed by atoms with Crippen molar-refractivity contribution in [1.29, 1.82) is 0 Å². The van der Waals surface area contributed by atoms with Crippen molar-refractivity contribution < 1.29 is 9.13 Å². The fourth-order valence-electron chi connectivity index (χ4n) is 0.998. The van der Waals surface area contributed by atoms with Gasteiger partial charge in [-0.15, -0.1) is 0 Å². The van der Waals surface area contributed by atoms with Gasteiger partial charge in [-0.25, -0.2) is 4.39 Å². The van der Waals surface area contributed by atoms with E-state index in [1.54, 1.807) is 19.1 Å². The minimum absolute atomic E-state index is 0.286. The standard InChI is InChI=1S/C9H12FNO/c1-6(11)8-5-7(12-2)3-4-9(8)10/h3-6H,11H2,1-2H3/t6-/m0/s1. The van der Waals surface area contributed by atoms with Crippen LogP contribution >= 0.6 is 0 Å². The molecule has 0 aliphatic heterocycles. The summed E-state index contributed by atoms with van der Waals surface area (Å²) in [4.78, 5) is 0. The molecule has 0 saturated heterocycles. The van der Waals surface area contributed by atoms with Gasteiger partial charge in [0.25, 0.3) is 0 Å². The number of ether oxygens (including phenoxy) is 1. The Balaban J connectivity index is 3.08. The lowest BCUT2D eigenvalue weighted by Crippen LogP contribution is -2.07. The van der Waals surface area contributed by atoms with E-state index in [1.165, 1.54) is 13.2 Å². The summed E-state index contributed by atoms with van der Waals surface area (Å²) in [5.41, 5.74) is 6.02. The molecule has 3 heteroatoms. The second kappa shape index (κ2) is 3.54. The minimum atomic E-state index is -0.305. The van der Waals surface area contributed by atoms with Gasteiger partial charge in [-0.2, -0.15) is 0 Å². The summed E-state index contributed by atoms with van der Waals surface area (Å²) in [5, 5.41) is 0. The zero-order chi connectivity index (χ0) is 9.14. The lowest BCUT2D eigenvalue weighted by atomic mass is 10.1. The van der Waals surface area contributed by atoms with Gasteiger partial charge in [0.15, 0.2) is 0 Å². The van der Waals surface area contributed by atoms with Crippen LogP contribution in [0.25, 0.3) is 0 Å². The van der Waals surface area contributed by atoms with E-state index >= 15 is 0 Å². The van der Waals surface area contributed by atoms with Crippen LogP contribution in [0.2, 0.25) is 0 Å². The fourth-order valence-corrected chi connectivity index (χ4v) is 0.998. The maximum atomic E-state index is 13.0. The van der Waals surface area contributed by atoms with Gasteiger partial charge >= 0.3 is 0 Å². The van der Waals surface area contributed by atoms with Crippen molar-refractivity contribution in [1.82, 2.24) is 0 Å². The number of methoxy groups -OCH3 is 1. The number of nitrogens with two attached hydrogens (primary N) is 1. The molecule has 0 aromatic heterocycles. The van der Waals surface area contributed by atoms with Crippen molar-refractivity contribution in [3.8, 4) is 5.75 Å². The number of rotatable bonds is 2. The number of halogens is 1. The highest BCUT2D eigenvalue weighted by atomic mass is 19.1. The Morgan fingerprint density at radius 2 is 2.17 bits per heavy atom. The largest absolute Gasteiger partial charge is 0.497 e. The maximum absolute atomic E-state index is 13.0. The van der Waals surface area contributed by atoms with Gasteiger partial charge in [0.2, 0.25) is 0 Å². The van der Waals surface area contributed by atoms with Gasteiger partial charge in [-0.05, 0) is 25.1 Å². The first-order valence-electron chi connectivity index (χ1n) is 3.74. The Morgan fingerprint density at radius 1 is 1.50 bits per heavy atom. The molecule has 0 saturated carbocycles. The van der Waals surface area contributed by atoms with Crippen molar-refractivity contribution in [3.05, 3.63) is 29.6 Å². The van der Waals surface area contributed by atoms with E-state index < -0.39 is 0 Å². The predicted octanol–water partition coefficient (Wildman–Crippen LogP) is 1.85. The molecule has 1 rings (SSSR count). The summed E-state index contributed by atoms with van der Waals surface area (Å²) < 4.78 is 18.0. The summed E-state index contributed by atoms with van der Waals surface area (Å²) >= 11 is 0. The van der Waals surface area contributed by atoms with Crippen molar-refractivity contribution in [3.63, 3.8) is 0 Å². The molecule has 2 nitrogen and oxygen atoms in total. The third-order valence-electron chi connectivity index (χ3n) is 1.69. The average Bonchev–Trinajstić information content (AvgIpc) is 2.05. The Labute approximate surface area is 71.1 Å². The normalized spacial score (nSPS) is 12.7. The van der Waals surface area contributed by atoms with Crippen LogP contribution in [-0.2, 0) is 0 Å². The molecule has 1 atom stereocenters. The fraction of sp³-hybridized carbons (Fsp3) is 0.333. The Morgan fingerprint density at radius 3 is 2.67 bits per heavy atom. The first-order chi connectivity index (χ1) is 5.65. The summed E-state index contributed by atoms with van der Waals surface area (Å²) in [5.74, 6) is 0.342. The van der Waals surface area contributed by atoms with Gasteiger partial charge < -0.3 is 10.5 Å². The lowest BCUT2D eigenvalue weighted by molar-refractivity contribution is 0.412. The summed E-state index contributed by atoms with van der Waals surface area (Å²) in [6, 6.07) is 4.23. The van der Waals surface area contributed by atoms with E-state index in [2.05, 4.69) is 0 Å². The predicted molar refractivity (Wildman–Crippen MR) is 45.6 cm³/mol. The smallest absolute Gasteiger partial charge is 0.128 e. The van der Waals surface area contributed by atoms with Crippen LogP contribution in [0.5, 0.6) is 5.75 Å². The van der Waals surface area contributed by atoms with E-state index in [0.717, 1.165) is 0 Å². The third kappa shape index (κ3) is 1.74. The van der Waals surface area contributed by atoms with E-state index in [0.29, 0.717) is 11.3 Å². The van der Waals surface area contributed by atoms with Crippen molar-refractivity contribution in [2.24, 2.45) is 5.73 Å². The molecule has 1 aromatic rings. The zero-order valence-electron chi connectivity index (χ0n) is 7.17. The molecular formula is C9H12FNO. The molecule has 1 aromatic carbocycles. The molecule has 0 radical (unpaired) electrons. The maximum Gasteiger partial charge on any atom is 0.128 e. The second-order valence-electron chi connectivity index (χ2n) is 2.68. The molecule has 0 amide bonds. The van der Waals surface area contributed by atoms with E-state index in [4.69, 9.17) is 10.5 Å². The Bertz CT molecular complexity index is 273. The van der Waals surface area contributed by atoms with Gasteiger partial charge in [0, 0.05) is 11.6 Å². The van der Waals surface area contributed by atoms with Crippen molar-refractivity contribution in [2.75, 3.05) is 7.11 Å². The number of hydrogen-bond acceptors (Lipinski definition) is 2. The molecule has 0 heterocycles. The SMILES string of the molecule is COc1ccc(F)c([C@H](C)N)c1. The minimum Gasteiger partial charge on any atom is -0.497 e. The summed E-state index contributed by atoms with van der Waals surface area (Å²) in [7, 11) is 1.54. The van der Waals surface area contributed by atoms with Gasteiger partial charge in [-0.1, -0.05) is 0 Å². The van der Waals surface area contributed by atoms with Crippen LogP contribution in [0.4, 0.5) is 4.39 Å². The van der Waals surface area contributed by atoms with Crippen molar-refractivity contribution in [2.45, 2.75) is 13.0 Å². The second-order valence-corrected chi connectivity index (χ2v) is 2.68. The van der Waals surface area contributed by atoms with Crippen LogP contribution in [0.1, 0.15) is 18.5 Å². The molecule has 0 spiro atoms. The lowest BCUT2D eigenvalue weighted by Gasteiger charge is -2.08. The molecule has 66 valence electrons. The van der Waals surface area contributed by atoms with Crippen LogP contribution < -0.4 is 10.5 Å². The van der Waals surface area contributed by atoms with Gasteiger partial charge in [0.1, 0.15) is 11.6 Å². The molecule has 2 N–H and O–H groups in total. The topological polar surface area (TPSA) is 35.2 Å². The highest BCUT2D eigenvalue weighted by molar-refractivity contribution is 5.31. The van der Waals surface area contributed by atoms with E-state index in [-0.39, 0.29) is 11.9 Å². The average molecular weight is 169 g/mol. The molecule has 0 unspecified atom stereocenters. The van der Waals surface area contributed by atoms with Crippen LogP contribution in [0, 0.1) is 5.82 Å². The van der Waals surface area contributed by atoms with E-state index in [1.807, 2.05) is 0 Å². The highest BCUT2D eigenvalue weighted by Crippen LogP contribution is 2.20. The molecule has 0 fully saturated rings. The molecule has 0 bridgehead atoms. The summed E-state index contributed by atoms with van der Waals surface area (Å²) in [6.45, 7) is 1.73. The molecule has 0 aliphatic carbocycles. The third-order valence-corrected chi connectivity index (χ3v) is 1.69. The van der Waals surface area contributed by atoms with Crippen LogP contribution in [0.3, 0.4) is 0 Å². The number of benzene rings is 1. The Kier molecular flexibility index (Phi) is 2.65. The Hall–Kier alpha value is -1.09. The van der Waals surface area contributed by atoms with Gasteiger partial charge in [0.05, 0.1) is 7.11 Å². The first-order valence-corrected chi connectivity index (χ1v) is 3.74. The molecular weight excluding hydrogens is 157 g/mol. The highest BCUT2D eigenvalue weighted by Gasteiger charge is 2.07. The molecule has 0 aliphatic rings. The quantitative estimate of drug-likeness (QED) is 0.733. The monoisotopic (exact) mass is 169 g/mol.